The van der Waals surface area contributed by atoms with Crippen LogP contribution in [0.5, 0.6) is 0 Å². The second kappa shape index (κ2) is 3.64. The molecular formula is C13H8N2O. The maximum atomic E-state index is 11.7. The molecule has 0 atom stereocenters. The second-order valence-electron chi connectivity index (χ2n) is 3.73. The molecule has 0 radical (unpaired) electrons. The predicted octanol–water partition coefficient (Wildman–Crippen LogP) is 2.38. The van der Waals surface area contributed by atoms with Gasteiger partial charge in [0.2, 0.25) is 0 Å². The van der Waals surface area contributed by atoms with Crippen LogP contribution < -0.4 is 0 Å². The topological polar surface area (TPSA) is 64.7 Å². The van der Waals surface area contributed by atoms with Crippen LogP contribution in [0.1, 0.15) is 27.9 Å². The third-order valence-electron chi connectivity index (χ3n) is 2.66. The van der Waals surface area contributed by atoms with E-state index in [4.69, 9.17) is 10.5 Å². The Morgan fingerprint density at radius 1 is 1.25 bits per heavy atom. The van der Waals surface area contributed by atoms with Crippen LogP contribution in [-0.2, 0) is 0 Å². The molecule has 0 unspecified atom stereocenters. The molecule has 0 N–H and O–H groups in total. The molecule has 0 heterocycles. The average molecular weight is 208 g/mol. The molecule has 0 spiro atoms. The van der Waals surface area contributed by atoms with Gasteiger partial charge in [-0.2, -0.15) is 10.5 Å². The highest BCUT2D eigenvalue weighted by atomic mass is 16.1. The van der Waals surface area contributed by atoms with Crippen LogP contribution in [0.15, 0.2) is 23.8 Å². The van der Waals surface area contributed by atoms with Gasteiger partial charge in [0.1, 0.15) is 17.7 Å². The third-order valence-corrected chi connectivity index (χ3v) is 2.66. The van der Waals surface area contributed by atoms with Crippen molar-refractivity contribution in [1.29, 1.82) is 10.5 Å². The van der Waals surface area contributed by atoms with Gasteiger partial charge < -0.3 is 0 Å². The van der Waals surface area contributed by atoms with Crippen LogP contribution in [-0.4, -0.2) is 5.78 Å². The quantitative estimate of drug-likeness (QED) is 0.615. The molecule has 0 aliphatic heterocycles. The molecule has 0 fully saturated rings. The van der Waals surface area contributed by atoms with E-state index >= 15 is 0 Å². The standard InChI is InChI=1S/C13H8N2O/c1-8-2-3-10-12(4-8)11(5-13(10)16)9(6-14)7-15/h2-4H,5H2,1H3. The minimum absolute atomic E-state index is 0.0204. The number of hydrogen-bond acceptors (Lipinski definition) is 3. The number of rotatable bonds is 0. The number of carbonyl (C=O) groups excluding carboxylic acids is 1. The van der Waals surface area contributed by atoms with Crippen LogP contribution in [0.25, 0.3) is 5.57 Å². The Morgan fingerprint density at radius 2 is 1.94 bits per heavy atom. The molecule has 76 valence electrons. The summed E-state index contributed by atoms with van der Waals surface area (Å²) in [6.45, 7) is 1.92. The lowest BCUT2D eigenvalue weighted by Gasteiger charge is -2.00. The van der Waals surface area contributed by atoms with E-state index in [1.54, 1.807) is 6.07 Å². The fourth-order valence-corrected chi connectivity index (χ4v) is 1.88. The lowest BCUT2D eigenvalue weighted by Crippen LogP contribution is -1.90. The minimum Gasteiger partial charge on any atom is -0.294 e. The summed E-state index contributed by atoms with van der Waals surface area (Å²) in [4.78, 5) is 11.7. The molecule has 1 aliphatic carbocycles. The number of aryl methyl sites for hydroxylation is 1. The van der Waals surface area contributed by atoms with Gasteiger partial charge in [0, 0.05) is 12.0 Å². The van der Waals surface area contributed by atoms with E-state index < -0.39 is 0 Å². The van der Waals surface area contributed by atoms with Crippen LogP contribution >= 0.6 is 0 Å². The van der Waals surface area contributed by atoms with Crippen molar-refractivity contribution >= 4 is 11.4 Å². The first kappa shape index (κ1) is 10.1. The monoisotopic (exact) mass is 208 g/mol. The van der Waals surface area contributed by atoms with Gasteiger partial charge in [0.05, 0.1) is 0 Å². The Labute approximate surface area is 93.2 Å². The van der Waals surface area contributed by atoms with Crippen molar-refractivity contribution in [3.8, 4) is 12.1 Å². The Morgan fingerprint density at radius 3 is 2.56 bits per heavy atom. The van der Waals surface area contributed by atoms with Gasteiger partial charge in [-0.05, 0) is 18.1 Å². The SMILES string of the molecule is Cc1ccc2c(c1)C(=C(C#N)C#N)CC2=O. The molecule has 0 saturated heterocycles. The van der Waals surface area contributed by atoms with Gasteiger partial charge in [-0.3, -0.25) is 4.79 Å². The van der Waals surface area contributed by atoms with E-state index in [0.717, 1.165) is 11.1 Å². The van der Waals surface area contributed by atoms with Crippen LogP contribution in [0.2, 0.25) is 0 Å². The summed E-state index contributed by atoms with van der Waals surface area (Å²) in [5, 5.41) is 17.7. The van der Waals surface area contributed by atoms with E-state index in [2.05, 4.69) is 0 Å². The van der Waals surface area contributed by atoms with Gasteiger partial charge >= 0.3 is 0 Å². The first-order valence-corrected chi connectivity index (χ1v) is 4.85. The third kappa shape index (κ3) is 1.39. The van der Waals surface area contributed by atoms with Crippen molar-refractivity contribution in [3.63, 3.8) is 0 Å². The molecule has 0 amide bonds. The van der Waals surface area contributed by atoms with Gasteiger partial charge in [-0.25, -0.2) is 0 Å². The van der Waals surface area contributed by atoms with Crippen molar-refractivity contribution in [3.05, 3.63) is 40.5 Å². The molecular weight excluding hydrogens is 200 g/mol. The molecule has 1 aromatic carbocycles. The maximum Gasteiger partial charge on any atom is 0.167 e. The lowest BCUT2D eigenvalue weighted by atomic mass is 10.0. The number of allylic oxidation sites excluding steroid dienone is 2. The summed E-state index contributed by atoms with van der Waals surface area (Å²) in [5.41, 5.74) is 2.97. The summed E-state index contributed by atoms with van der Waals surface area (Å²) < 4.78 is 0. The van der Waals surface area contributed by atoms with Gasteiger partial charge in [0.15, 0.2) is 5.78 Å². The molecule has 3 heteroatoms. The van der Waals surface area contributed by atoms with E-state index in [1.807, 2.05) is 31.2 Å². The number of benzene rings is 1. The van der Waals surface area contributed by atoms with Crippen LogP contribution in [0, 0.1) is 29.6 Å². The van der Waals surface area contributed by atoms with Crippen molar-refractivity contribution in [1.82, 2.24) is 0 Å². The molecule has 0 bridgehead atoms. The largest absolute Gasteiger partial charge is 0.294 e. The Balaban J connectivity index is 2.74. The van der Waals surface area contributed by atoms with E-state index in [9.17, 15) is 4.79 Å². The zero-order valence-corrected chi connectivity index (χ0v) is 8.74. The van der Waals surface area contributed by atoms with Crippen molar-refractivity contribution in [2.24, 2.45) is 0 Å². The molecule has 2 rings (SSSR count). The Kier molecular flexibility index (Phi) is 2.31. The van der Waals surface area contributed by atoms with Crippen molar-refractivity contribution in [2.45, 2.75) is 13.3 Å². The Bertz CT molecular complexity index is 581. The van der Waals surface area contributed by atoms with Crippen molar-refractivity contribution < 1.29 is 4.79 Å². The van der Waals surface area contributed by atoms with E-state index in [1.165, 1.54) is 0 Å². The minimum atomic E-state index is -0.0204. The maximum absolute atomic E-state index is 11.7. The molecule has 1 aromatic rings. The molecule has 0 saturated carbocycles. The van der Waals surface area contributed by atoms with E-state index in [-0.39, 0.29) is 17.8 Å². The molecule has 16 heavy (non-hydrogen) atoms. The fraction of sp³-hybridized carbons (Fsp3) is 0.154. The number of carbonyl (C=O) groups is 1. The van der Waals surface area contributed by atoms with Gasteiger partial charge in [-0.1, -0.05) is 23.8 Å². The number of nitriles is 2. The van der Waals surface area contributed by atoms with Crippen LogP contribution in [0.3, 0.4) is 0 Å². The van der Waals surface area contributed by atoms with Gasteiger partial charge in [0.25, 0.3) is 0 Å². The predicted molar refractivity (Wildman–Crippen MR) is 58.3 cm³/mol. The second-order valence-corrected chi connectivity index (χ2v) is 3.73. The highest BCUT2D eigenvalue weighted by Crippen LogP contribution is 2.34. The summed E-state index contributed by atoms with van der Waals surface area (Å²) >= 11 is 0. The molecule has 1 aliphatic rings. The first-order valence-electron chi connectivity index (χ1n) is 4.85. The number of ketones is 1. The normalized spacial score (nSPS) is 12.9. The fourth-order valence-electron chi connectivity index (χ4n) is 1.88. The number of fused-ring (bicyclic) bond motifs is 1. The molecule has 0 aromatic heterocycles. The first-order chi connectivity index (χ1) is 7.67. The zero-order valence-electron chi connectivity index (χ0n) is 8.74. The highest BCUT2D eigenvalue weighted by molar-refractivity contribution is 6.13. The van der Waals surface area contributed by atoms with Crippen LogP contribution in [0.4, 0.5) is 0 Å². The summed E-state index contributed by atoms with van der Waals surface area (Å²) in [6.07, 6.45) is 0.162. The summed E-state index contributed by atoms with van der Waals surface area (Å²) in [6, 6.07) is 9.15. The number of Topliss-reactive ketones (excluding diaryl/α,β-unsaturated/α-hetero) is 1. The zero-order chi connectivity index (χ0) is 11.7. The highest BCUT2D eigenvalue weighted by Gasteiger charge is 2.26. The summed E-state index contributed by atoms with van der Waals surface area (Å²) in [7, 11) is 0. The lowest BCUT2D eigenvalue weighted by molar-refractivity contribution is 0.100. The average Bonchev–Trinajstić information content (AvgIpc) is 2.58. The number of hydrogen-bond donors (Lipinski definition) is 0. The Hall–Kier alpha value is -2.39. The molecule has 3 nitrogen and oxygen atoms in total. The van der Waals surface area contributed by atoms with E-state index in [0.29, 0.717) is 11.1 Å². The smallest absolute Gasteiger partial charge is 0.167 e. The summed E-state index contributed by atoms with van der Waals surface area (Å²) in [5.74, 6) is -0.0204. The number of nitrogens with zero attached hydrogens (tertiary/aromatic N) is 2. The van der Waals surface area contributed by atoms with Crippen molar-refractivity contribution in [2.75, 3.05) is 0 Å². The van der Waals surface area contributed by atoms with Gasteiger partial charge in [-0.15, -0.1) is 0 Å².